The Kier molecular flexibility index (Phi) is 15.0. The van der Waals surface area contributed by atoms with Gasteiger partial charge in [0.15, 0.2) is 0 Å². The molecule has 1 saturated heterocycles. The monoisotopic (exact) mass is 219 g/mol. The lowest BCUT2D eigenvalue weighted by molar-refractivity contribution is -0.141. The number of nitrogens with zero attached hydrogens (tertiary/aromatic N) is 1. The molecule has 0 amide bonds. The van der Waals surface area contributed by atoms with E-state index >= 15 is 0 Å². The molecule has 0 spiro atoms. The summed E-state index contributed by atoms with van der Waals surface area (Å²) in [6, 6.07) is 0. The van der Waals surface area contributed by atoms with Gasteiger partial charge in [-0.25, -0.2) is 4.79 Å². The van der Waals surface area contributed by atoms with Crippen molar-refractivity contribution >= 4 is 5.97 Å². The first kappa shape index (κ1) is 16.8. The van der Waals surface area contributed by atoms with Crippen molar-refractivity contribution in [1.29, 1.82) is 0 Å². The summed E-state index contributed by atoms with van der Waals surface area (Å²) in [6.45, 7) is 9.96. The lowest BCUT2D eigenvalue weighted by Gasteiger charge is -2.08. The van der Waals surface area contributed by atoms with Crippen LogP contribution in [-0.2, 0) is 9.53 Å². The number of hydrogen-bond donors (Lipinski definition) is 1. The van der Waals surface area contributed by atoms with Crippen molar-refractivity contribution in [3.05, 3.63) is 0 Å². The van der Waals surface area contributed by atoms with E-state index < -0.39 is 5.97 Å². The van der Waals surface area contributed by atoms with E-state index in [-0.39, 0.29) is 6.61 Å². The minimum Gasteiger partial charge on any atom is -0.480 e. The lowest BCUT2D eigenvalue weighted by Crippen LogP contribution is -2.17. The Bertz CT molecular complexity index is 134. The molecule has 0 saturated carbocycles. The first-order valence-corrected chi connectivity index (χ1v) is 5.63. The van der Waals surface area contributed by atoms with E-state index in [0.29, 0.717) is 0 Å². The number of ether oxygens (including phenoxy) is 1. The van der Waals surface area contributed by atoms with Gasteiger partial charge in [0.05, 0.1) is 0 Å². The van der Waals surface area contributed by atoms with E-state index in [2.05, 4.69) is 16.6 Å². The summed E-state index contributed by atoms with van der Waals surface area (Å²) in [5.74, 6) is -0.933. The largest absolute Gasteiger partial charge is 0.480 e. The van der Waals surface area contributed by atoms with Crippen molar-refractivity contribution in [2.24, 2.45) is 0 Å². The van der Waals surface area contributed by atoms with Gasteiger partial charge in [0.1, 0.15) is 6.61 Å². The lowest BCUT2D eigenvalue weighted by atomic mass is 10.4. The Morgan fingerprint density at radius 1 is 1.33 bits per heavy atom. The van der Waals surface area contributed by atoms with E-state index in [4.69, 9.17) is 5.11 Å². The fraction of sp³-hybridized carbons (Fsp3) is 0.909. The van der Waals surface area contributed by atoms with Gasteiger partial charge in [0.25, 0.3) is 0 Å². The van der Waals surface area contributed by atoms with Gasteiger partial charge in [-0.05, 0) is 32.5 Å². The average Bonchev–Trinajstić information content (AvgIpc) is 2.74. The summed E-state index contributed by atoms with van der Waals surface area (Å²) in [5, 5.41) is 7.79. The van der Waals surface area contributed by atoms with Crippen molar-refractivity contribution < 1.29 is 14.6 Å². The zero-order valence-electron chi connectivity index (χ0n) is 10.5. The van der Waals surface area contributed by atoms with Crippen LogP contribution in [0.2, 0.25) is 0 Å². The smallest absolute Gasteiger partial charge is 0.329 e. The normalized spacial score (nSPS) is 14.7. The maximum atomic E-state index is 9.47. The summed E-state index contributed by atoms with van der Waals surface area (Å²) in [5.41, 5.74) is 0. The second-order valence-electron chi connectivity index (χ2n) is 2.97. The Morgan fingerprint density at radius 2 is 1.80 bits per heavy atom. The number of methoxy groups -OCH3 is 1. The summed E-state index contributed by atoms with van der Waals surface area (Å²) in [4.78, 5) is 12.0. The first-order valence-electron chi connectivity index (χ1n) is 5.63. The number of likely N-dealkylation sites (tertiary alicyclic amines) is 1. The van der Waals surface area contributed by atoms with E-state index in [1.807, 2.05) is 13.8 Å². The highest BCUT2D eigenvalue weighted by Gasteiger charge is 2.06. The second kappa shape index (κ2) is 13.4. The molecule has 0 radical (unpaired) electrons. The summed E-state index contributed by atoms with van der Waals surface area (Å²) >= 11 is 0. The molecule has 0 aromatic heterocycles. The highest BCUT2D eigenvalue weighted by atomic mass is 16.5. The minimum absolute atomic E-state index is 0.208. The number of rotatable bonds is 3. The molecule has 15 heavy (non-hydrogen) atoms. The molecule has 1 rings (SSSR count). The topological polar surface area (TPSA) is 49.8 Å². The van der Waals surface area contributed by atoms with Gasteiger partial charge in [-0.2, -0.15) is 0 Å². The fourth-order valence-electron chi connectivity index (χ4n) is 1.22. The number of carboxylic acids is 1. The third kappa shape index (κ3) is 13.4. The van der Waals surface area contributed by atoms with Crippen molar-refractivity contribution in [3.8, 4) is 0 Å². The zero-order valence-corrected chi connectivity index (χ0v) is 10.5. The van der Waals surface area contributed by atoms with Crippen LogP contribution in [0, 0.1) is 0 Å². The molecule has 0 unspecified atom stereocenters. The Balaban J connectivity index is 0. The molecule has 1 aliphatic rings. The van der Waals surface area contributed by atoms with Gasteiger partial charge in [0.2, 0.25) is 0 Å². The molecule has 0 aliphatic carbocycles. The van der Waals surface area contributed by atoms with Crippen LogP contribution >= 0.6 is 0 Å². The van der Waals surface area contributed by atoms with Crippen LogP contribution in [0.4, 0.5) is 0 Å². The van der Waals surface area contributed by atoms with E-state index in [1.54, 1.807) is 0 Å². The van der Waals surface area contributed by atoms with Gasteiger partial charge >= 0.3 is 5.97 Å². The number of carbonyl (C=O) groups is 1. The van der Waals surface area contributed by atoms with Crippen LogP contribution in [0.15, 0.2) is 0 Å². The van der Waals surface area contributed by atoms with Crippen LogP contribution in [0.5, 0.6) is 0 Å². The van der Waals surface area contributed by atoms with Crippen molar-refractivity contribution in [2.75, 3.05) is 33.4 Å². The molecule has 0 aromatic rings. The third-order valence-corrected chi connectivity index (χ3v) is 1.91. The number of carboxylic acid groups (broad SMARTS) is 1. The standard InChI is InChI=1S/C6H13N.C3H6O3.C2H6/c1-2-7-5-3-4-6-7;1-6-2-3(4)5;1-2/h2-6H2,1H3;2H2,1H3,(H,4,5);1-2H3. The predicted octanol–water partition coefficient (Wildman–Crippen LogP) is 1.85. The minimum atomic E-state index is -0.933. The van der Waals surface area contributed by atoms with Crippen LogP contribution in [0.3, 0.4) is 0 Å². The SMILES string of the molecule is CC.CCN1CCCC1.COCC(=O)O. The third-order valence-electron chi connectivity index (χ3n) is 1.91. The maximum Gasteiger partial charge on any atom is 0.329 e. The predicted molar refractivity (Wildman–Crippen MR) is 62.2 cm³/mol. The average molecular weight is 219 g/mol. The molecule has 4 nitrogen and oxygen atoms in total. The number of hydrogen-bond acceptors (Lipinski definition) is 3. The first-order chi connectivity index (χ1) is 7.20. The van der Waals surface area contributed by atoms with Crippen molar-refractivity contribution in [3.63, 3.8) is 0 Å². The van der Waals surface area contributed by atoms with Gasteiger partial charge in [-0.15, -0.1) is 0 Å². The van der Waals surface area contributed by atoms with Crippen LogP contribution in [0.25, 0.3) is 0 Å². The molecule has 1 fully saturated rings. The quantitative estimate of drug-likeness (QED) is 0.787. The zero-order chi connectivity index (χ0) is 12.1. The van der Waals surface area contributed by atoms with Crippen LogP contribution in [-0.4, -0.2) is 49.3 Å². The molecule has 1 N–H and O–H groups in total. The molecule has 92 valence electrons. The van der Waals surface area contributed by atoms with Crippen molar-refractivity contribution in [2.45, 2.75) is 33.6 Å². The van der Waals surface area contributed by atoms with Crippen LogP contribution in [0.1, 0.15) is 33.6 Å². The van der Waals surface area contributed by atoms with Gasteiger partial charge in [-0.1, -0.05) is 20.8 Å². The summed E-state index contributed by atoms with van der Waals surface area (Å²) in [7, 11) is 1.34. The molecule has 1 heterocycles. The Morgan fingerprint density at radius 3 is 1.93 bits per heavy atom. The Hall–Kier alpha value is -0.610. The number of aliphatic carboxylic acids is 1. The molecule has 1 aliphatic heterocycles. The summed E-state index contributed by atoms with van der Waals surface area (Å²) < 4.78 is 4.20. The molecule has 0 atom stereocenters. The van der Waals surface area contributed by atoms with E-state index in [1.165, 1.54) is 39.6 Å². The highest BCUT2D eigenvalue weighted by molar-refractivity contribution is 5.67. The Labute approximate surface area is 93.2 Å². The van der Waals surface area contributed by atoms with Gasteiger partial charge in [0, 0.05) is 7.11 Å². The molecule has 4 heteroatoms. The fourth-order valence-corrected chi connectivity index (χ4v) is 1.22. The van der Waals surface area contributed by atoms with E-state index in [0.717, 1.165) is 0 Å². The molecule has 0 aromatic carbocycles. The molecular formula is C11H25NO3. The molecular weight excluding hydrogens is 194 g/mol. The van der Waals surface area contributed by atoms with Gasteiger partial charge < -0.3 is 14.7 Å². The highest BCUT2D eigenvalue weighted by Crippen LogP contribution is 2.04. The van der Waals surface area contributed by atoms with Crippen LogP contribution < -0.4 is 0 Å². The van der Waals surface area contributed by atoms with E-state index in [9.17, 15) is 4.79 Å². The maximum absolute atomic E-state index is 9.47. The van der Waals surface area contributed by atoms with Crippen molar-refractivity contribution in [1.82, 2.24) is 4.90 Å². The van der Waals surface area contributed by atoms with Gasteiger partial charge in [-0.3, -0.25) is 0 Å². The molecule has 0 bridgehead atoms. The second-order valence-corrected chi connectivity index (χ2v) is 2.97. The summed E-state index contributed by atoms with van der Waals surface area (Å²) in [6.07, 6.45) is 2.85.